The second-order valence-corrected chi connectivity index (χ2v) is 5.16. The maximum atomic E-state index is 10.5. The Morgan fingerprint density at radius 2 is 2.00 bits per heavy atom. The zero-order valence-electron chi connectivity index (χ0n) is 11.1. The molecule has 5 nitrogen and oxygen atoms in total. The molecule has 1 saturated heterocycles. The summed E-state index contributed by atoms with van der Waals surface area (Å²) in [4.78, 5) is 22.0. The molecule has 0 radical (unpaired) electrons. The van der Waals surface area contributed by atoms with Crippen LogP contribution in [-0.4, -0.2) is 47.7 Å². The third kappa shape index (κ3) is 7.74. The van der Waals surface area contributed by atoms with Gasteiger partial charge in [0.25, 0.3) is 6.47 Å². The Hall–Kier alpha value is -1.10. The van der Waals surface area contributed by atoms with E-state index in [0.29, 0.717) is 6.47 Å². The smallest absolute Gasteiger partial charge is 0.320 e. The number of hydrogen-bond donors (Lipinski definition) is 1. The normalized spacial score (nSPS) is 21.1. The SMILES string of the molecule is CC(C)(C)OC=O.CN1CCCCC1C(=O)O. The molecule has 0 bridgehead atoms. The second-order valence-electron chi connectivity index (χ2n) is 5.16. The van der Waals surface area contributed by atoms with Crippen molar-refractivity contribution in [3.63, 3.8) is 0 Å². The molecule has 1 rings (SSSR count). The first-order valence-corrected chi connectivity index (χ1v) is 5.82. The van der Waals surface area contributed by atoms with E-state index in [4.69, 9.17) is 5.11 Å². The highest BCUT2D eigenvalue weighted by atomic mass is 16.5. The lowest BCUT2D eigenvalue weighted by molar-refractivity contribution is -0.144. The van der Waals surface area contributed by atoms with E-state index < -0.39 is 5.97 Å². The molecule has 0 aliphatic carbocycles. The van der Waals surface area contributed by atoms with Crippen molar-refractivity contribution in [2.75, 3.05) is 13.6 Å². The first-order valence-electron chi connectivity index (χ1n) is 5.82. The van der Waals surface area contributed by atoms with Crippen molar-refractivity contribution in [1.29, 1.82) is 0 Å². The number of likely N-dealkylation sites (N-methyl/N-ethyl adjacent to an activating group) is 1. The number of hydrogen-bond acceptors (Lipinski definition) is 4. The summed E-state index contributed by atoms with van der Waals surface area (Å²) >= 11 is 0. The molecular formula is C12H23NO4. The number of piperidine rings is 1. The molecule has 0 amide bonds. The molecule has 1 unspecified atom stereocenters. The first kappa shape index (κ1) is 15.9. The zero-order valence-corrected chi connectivity index (χ0v) is 11.1. The van der Waals surface area contributed by atoms with Crippen molar-refractivity contribution in [1.82, 2.24) is 4.90 Å². The quantitative estimate of drug-likeness (QED) is 0.747. The van der Waals surface area contributed by atoms with Gasteiger partial charge in [-0.3, -0.25) is 14.5 Å². The molecule has 1 aliphatic rings. The molecule has 5 heteroatoms. The van der Waals surface area contributed by atoms with E-state index in [9.17, 15) is 9.59 Å². The topological polar surface area (TPSA) is 66.8 Å². The van der Waals surface area contributed by atoms with E-state index in [1.807, 2.05) is 32.7 Å². The van der Waals surface area contributed by atoms with E-state index in [2.05, 4.69) is 4.74 Å². The van der Waals surface area contributed by atoms with Crippen LogP contribution in [0.3, 0.4) is 0 Å². The molecule has 17 heavy (non-hydrogen) atoms. The van der Waals surface area contributed by atoms with Crippen molar-refractivity contribution in [3.05, 3.63) is 0 Å². The first-order chi connectivity index (χ1) is 7.78. The molecule has 0 aromatic heterocycles. The van der Waals surface area contributed by atoms with Crippen LogP contribution in [0, 0.1) is 0 Å². The number of carboxylic acid groups (broad SMARTS) is 1. The highest BCUT2D eigenvalue weighted by Crippen LogP contribution is 2.14. The molecule has 0 saturated carbocycles. The summed E-state index contributed by atoms with van der Waals surface area (Å²) in [6.07, 6.45) is 3.01. The van der Waals surface area contributed by atoms with Gasteiger partial charge in [0.05, 0.1) is 0 Å². The lowest BCUT2D eigenvalue weighted by atomic mass is 10.0. The lowest BCUT2D eigenvalue weighted by Gasteiger charge is -2.28. The fourth-order valence-electron chi connectivity index (χ4n) is 1.53. The standard InChI is InChI=1S/C7H13NO2.C5H10O2/c1-8-5-3-2-4-6(8)7(9)10;1-5(2,3)7-4-6/h6H,2-5H2,1H3,(H,9,10);4H,1-3H3. The Kier molecular flexibility index (Phi) is 6.80. The van der Waals surface area contributed by atoms with E-state index in [0.717, 1.165) is 25.8 Å². The van der Waals surface area contributed by atoms with E-state index in [-0.39, 0.29) is 11.6 Å². The summed E-state index contributed by atoms with van der Waals surface area (Å²) in [5.74, 6) is -0.679. The molecule has 1 atom stereocenters. The van der Waals surface area contributed by atoms with Gasteiger partial charge in [0.1, 0.15) is 11.6 Å². The fraction of sp³-hybridized carbons (Fsp3) is 0.833. The van der Waals surface area contributed by atoms with Gasteiger partial charge in [0.15, 0.2) is 0 Å². The van der Waals surface area contributed by atoms with E-state index in [1.165, 1.54) is 0 Å². The van der Waals surface area contributed by atoms with Crippen LogP contribution >= 0.6 is 0 Å². The van der Waals surface area contributed by atoms with Gasteiger partial charge < -0.3 is 9.84 Å². The van der Waals surface area contributed by atoms with Gasteiger partial charge in [-0.1, -0.05) is 6.42 Å². The molecule has 0 aromatic rings. The average Bonchev–Trinajstić information content (AvgIpc) is 2.16. The number of ether oxygens (including phenoxy) is 1. The fourth-order valence-corrected chi connectivity index (χ4v) is 1.53. The molecule has 1 aliphatic heterocycles. The summed E-state index contributed by atoms with van der Waals surface area (Å²) < 4.78 is 4.55. The maximum absolute atomic E-state index is 10.5. The number of likely N-dealkylation sites (tertiary alicyclic amines) is 1. The summed E-state index contributed by atoms with van der Waals surface area (Å²) in [5, 5.41) is 8.67. The molecule has 100 valence electrons. The number of aliphatic carboxylic acids is 1. The van der Waals surface area contributed by atoms with Crippen LogP contribution in [0.25, 0.3) is 0 Å². The Morgan fingerprint density at radius 1 is 1.41 bits per heavy atom. The van der Waals surface area contributed by atoms with Crippen LogP contribution in [0.1, 0.15) is 40.0 Å². The van der Waals surface area contributed by atoms with E-state index in [1.54, 1.807) is 0 Å². The van der Waals surface area contributed by atoms with Gasteiger partial charge in [0, 0.05) is 0 Å². The largest absolute Gasteiger partial charge is 0.480 e. The highest BCUT2D eigenvalue weighted by Gasteiger charge is 2.24. The number of carboxylic acids is 1. The average molecular weight is 245 g/mol. The minimum absolute atomic E-state index is 0.228. The Balaban J connectivity index is 0.000000325. The van der Waals surface area contributed by atoms with Gasteiger partial charge in [-0.05, 0) is 47.2 Å². The highest BCUT2D eigenvalue weighted by molar-refractivity contribution is 5.73. The van der Waals surface area contributed by atoms with Crippen molar-refractivity contribution >= 4 is 12.4 Å². The van der Waals surface area contributed by atoms with Gasteiger partial charge in [-0.25, -0.2) is 0 Å². The van der Waals surface area contributed by atoms with Crippen molar-refractivity contribution in [2.24, 2.45) is 0 Å². The van der Waals surface area contributed by atoms with Crippen LogP contribution in [0.5, 0.6) is 0 Å². The van der Waals surface area contributed by atoms with Gasteiger partial charge in [-0.15, -0.1) is 0 Å². The van der Waals surface area contributed by atoms with Gasteiger partial charge in [-0.2, -0.15) is 0 Å². The minimum atomic E-state index is -0.679. The Labute approximate surface area is 103 Å². The lowest BCUT2D eigenvalue weighted by Crippen LogP contribution is -2.41. The van der Waals surface area contributed by atoms with Gasteiger partial charge >= 0.3 is 5.97 Å². The molecule has 1 fully saturated rings. The van der Waals surface area contributed by atoms with Crippen LogP contribution in [0.15, 0.2) is 0 Å². The minimum Gasteiger partial charge on any atom is -0.480 e. The predicted molar refractivity (Wildman–Crippen MR) is 64.8 cm³/mol. The van der Waals surface area contributed by atoms with Gasteiger partial charge in [0.2, 0.25) is 0 Å². The number of nitrogens with zero attached hydrogens (tertiary/aromatic N) is 1. The van der Waals surface area contributed by atoms with Crippen LogP contribution in [-0.2, 0) is 14.3 Å². The third-order valence-electron chi connectivity index (χ3n) is 2.46. The molecule has 1 heterocycles. The number of rotatable bonds is 2. The second kappa shape index (κ2) is 7.27. The molecular weight excluding hydrogens is 222 g/mol. The molecule has 0 aromatic carbocycles. The van der Waals surface area contributed by atoms with Crippen molar-refractivity contribution < 1.29 is 19.4 Å². The molecule has 0 spiro atoms. The third-order valence-corrected chi connectivity index (χ3v) is 2.46. The predicted octanol–water partition coefficient (Wildman–Crippen LogP) is 1.51. The summed E-state index contributed by atoms with van der Waals surface area (Å²) in [6, 6.07) is -0.228. The summed E-state index contributed by atoms with van der Waals surface area (Å²) in [5.41, 5.74) is -0.318. The van der Waals surface area contributed by atoms with Crippen molar-refractivity contribution in [2.45, 2.75) is 51.7 Å². The van der Waals surface area contributed by atoms with Crippen LogP contribution in [0.4, 0.5) is 0 Å². The Bertz CT molecular complexity index is 247. The van der Waals surface area contributed by atoms with Crippen molar-refractivity contribution in [3.8, 4) is 0 Å². The molecule has 1 N–H and O–H groups in total. The summed E-state index contributed by atoms with van der Waals surface area (Å²) in [6.45, 7) is 6.85. The van der Waals surface area contributed by atoms with Crippen LogP contribution < -0.4 is 0 Å². The van der Waals surface area contributed by atoms with Crippen LogP contribution in [0.2, 0.25) is 0 Å². The summed E-state index contributed by atoms with van der Waals surface area (Å²) in [7, 11) is 1.87. The Morgan fingerprint density at radius 3 is 2.24 bits per heavy atom. The van der Waals surface area contributed by atoms with E-state index >= 15 is 0 Å². The number of carbonyl (C=O) groups excluding carboxylic acids is 1. The maximum Gasteiger partial charge on any atom is 0.320 e. The number of carbonyl (C=O) groups is 2. The monoisotopic (exact) mass is 245 g/mol. The zero-order chi connectivity index (χ0) is 13.5.